The minimum atomic E-state index is -1.49. The van der Waals surface area contributed by atoms with Gasteiger partial charge in [-0.3, -0.25) is 9.59 Å². The van der Waals surface area contributed by atoms with Crippen LogP contribution in [0.4, 0.5) is 0 Å². The van der Waals surface area contributed by atoms with Crippen molar-refractivity contribution in [2.75, 3.05) is 0 Å². The summed E-state index contributed by atoms with van der Waals surface area (Å²) in [6, 6.07) is 8.48. The molecule has 2 aliphatic heterocycles. The first-order valence-corrected chi connectivity index (χ1v) is 16.4. The van der Waals surface area contributed by atoms with Crippen molar-refractivity contribution in [1.29, 1.82) is 0 Å². The van der Waals surface area contributed by atoms with Gasteiger partial charge in [0.25, 0.3) is 0 Å². The van der Waals surface area contributed by atoms with Gasteiger partial charge in [-0.15, -0.1) is 0 Å². The first-order valence-electron chi connectivity index (χ1n) is 16.4. The molecular weight excluding hydrogens is 588 g/mol. The van der Waals surface area contributed by atoms with Crippen LogP contribution in [-0.2, 0) is 28.5 Å². The van der Waals surface area contributed by atoms with E-state index < -0.39 is 41.8 Å². The molecule has 0 bridgehead atoms. The van der Waals surface area contributed by atoms with Crippen molar-refractivity contribution >= 4 is 17.9 Å². The molecule has 0 radical (unpaired) electrons. The number of benzene rings is 1. The van der Waals surface area contributed by atoms with Gasteiger partial charge in [0.15, 0.2) is 0 Å². The molecule has 10 unspecified atom stereocenters. The number of esters is 3. The quantitative estimate of drug-likeness (QED) is 0.1000. The molecule has 0 aromatic heterocycles. The Balaban J connectivity index is 1.78. The van der Waals surface area contributed by atoms with Crippen LogP contribution in [-0.4, -0.2) is 70.3 Å². The van der Waals surface area contributed by atoms with Gasteiger partial charge in [-0.2, -0.15) is 0 Å². The van der Waals surface area contributed by atoms with Gasteiger partial charge in [0.2, 0.25) is 0 Å². The van der Waals surface area contributed by atoms with Crippen molar-refractivity contribution in [3.63, 3.8) is 0 Å². The summed E-state index contributed by atoms with van der Waals surface area (Å²) in [4.78, 5) is 38.1. The van der Waals surface area contributed by atoms with Crippen LogP contribution in [0, 0.1) is 17.8 Å². The Morgan fingerprint density at radius 1 is 1.13 bits per heavy atom. The molecule has 2 heterocycles. The number of aliphatic hydroxyl groups is 2. The Hall–Kier alpha value is -3.27. The summed E-state index contributed by atoms with van der Waals surface area (Å²) in [6.45, 7) is 12.7. The average Bonchev–Trinajstić information content (AvgIpc) is 3.78. The third-order valence-electron chi connectivity index (χ3n) is 8.90. The Morgan fingerprint density at radius 3 is 2.48 bits per heavy atom. The zero-order chi connectivity index (χ0) is 34.0. The highest BCUT2D eigenvalue weighted by Gasteiger charge is 2.45. The maximum atomic E-state index is 13.3. The number of aliphatic hydroxyl groups excluding tert-OH is 1. The Kier molecular flexibility index (Phi) is 13.8. The standard InChI is InChI=1S/C37H52O9/c1-8-30(39)26(5)35-31(45-35)21-23(2)13-12-14-24(3)34-25(4)17-18-32(43-27(6)38)37(7,42)20-19-29(22-33(40)46-34)44-36(41)28-15-10-9-11-16-28/h9-18,23,25-26,29-32,34-35,39,42H,8,19-22H2,1-7H3. The van der Waals surface area contributed by atoms with Gasteiger partial charge < -0.3 is 29.2 Å². The van der Waals surface area contributed by atoms with Crippen molar-refractivity contribution < 1.29 is 43.5 Å². The van der Waals surface area contributed by atoms with E-state index in [0.29, 0.717) is 12.0 Å². The lowest BCUT2D eigenvalue weighted by Gasteiger charge is -2.33. The molecule has 0 saturated carbocycles. The van der Waals surface area contributed by atoms with E-state index in [2.05, 4.69) is 13.0 Å². The van der Waals surface area contributed by atoms with Crippen molar-refractivity contribution in [2.24, 2.45) is 17.8 Å². The van der Waals surface area contributed by atoms with Crippen LogP contribution in [0.25, 0.3) is 0 Å². The van der Waals surface area contributed by atoms with Crippen molar-refractivity contribution in [1.82, 2.24) is 0 Å². The van der Waals surface area contributed by atoms with Crippen LogP contribution in [0.5, 0.6) is 0 Å². The molecule has 10 atom stereocenters. The number of cyclic esters (lactones) is 1. The van der Waals surface area contributed by atoms with E-state index in [4.69, 9.17) is 18.9 Å². The molecular formula is C37H52O9. The third kappa shape index (κ3) is 11.2. The van der Waals surface area contributed by atoms with Crippen LogP contribution < -0.4 is 0 Å². The molecule has 1 aromatic carbocycles. The van der Waals surface area contributed by atoms with Crippen LogP contribution in [0.3, 0.4) is 0 Å². The number of hydrogen-bond acceptors (Lipinski definition) is 9. The van der Waals surface area contributed by atoms with Crippen LogP contribution in [0.15, 0.2) is 66.3 Å². The number of hydrogen-bond donors (Lipinski definition) is 2. The number of carbonyl (C=O) groups excluding carboxylic acids is 3. The van der Waals surface area contributed by atoms with Gasteiger partial charge in [0.05, 0.1) is 30.3 Å². The Labute approximate surface area is 273 Å². The number of allylic oxidation sites excluding steroid dienone is 3. The normalized spacial score (nSPS) is 31.2. The lowest BCUT2D eigenvalue weighted by atomic mass is 9.88. The highest BCUT2D eigenvalue weighted by atomic mass is 16.6. The smallest absolute Gasteiger partial charge is 0.338 e. The zero-order valence-electron chi connectivity index (χ0n) is 28.3. The summed E-state index contributed by atoms with van der Waals surface area (Å²) in [6.07, 6.45) is 8.28. The number of epoxide rings is 1. The fraction of sp³-hybridized carbons (Fsp3) is 0.595. The first kappa shape index (κ1) is 37.2. The van der Waals surface area contributed by atoms with Gasteiger partial charge in [-0.1, -0.05) is 70.2 Å². The highest BCUT2D eigenvalue weighted by molar-refractivity contribution is 5.89. The number of rotatable bonds is 11. The summed E-state index contributed by atoms with van der Waals surface area (Å²) >= 11 is 0. The maximum absolute atomic E-state index is 13.3. The molecule has 254 valence electrons. The monoisotopic (exact) mass is 640 g/mol. The molecule has 3 rings (SSSR count). The molecule has 9 nitrogen and oxygen atoms in total. The van der Waals surface area contributed by atoms with E-state index in [9.17, 15) is 24.6 Å². The lowest BCUT2D eigenvalue weighted by molar-refractivity contribution is -0.157. The molecule has 9 heteroatoms. The SMILES string of the molecule is CCC(O)C(C)C1OC1CC(C)C=CC=C(C)C1OC(=O)CC(OC(=O)c2ccccc2)CCC(C)(O)C(OC(C)=O)C=CC1C. The number of carbonyl (C=O) groups is 3. The second-order valence-electron chi connectivity index (χ2n) is 13.2. The molecule has 1 aromatic rings. The van der Waals surface area contributed by atoms with Gasteiger partial charge in [0, 0.05) is 18.8 Å². The van der Waals surface area contributed by atoms with Crippen molar-refractivity contribution in [2.45, 2.75) is 123 Å². The molecule has 0 spiro atoms. The van der Waals surface area contributed by atoms with Crippen LogP contribution in [0.1, 0.15) is 90.9 Å². The van der Waals surface area contributed by atoms with E-state index in [1.54, 1.807) is 49.4 Å². The van der Waals surface area contributed by atoms with Gasteiger partial charge in [-0.25, -0.2) is 4.79 Å². The summed E-state index contributed by atoms with van der Waals surface area (Å²) in [5, 5.41) is 21.5. The third-order valence-corrected chi connectivity index (χ3v) is 8.90. The number of ether oxygens (including phenoxy) is 4. The second kappa shape index (κ2) is 17.0. The molecule has 2 N–H and O–H groups in total. The molecule has 0 amide bonds. The van der Waals surface area contributed by atoms with E-state index in [1.165, 1.54) is 6.92 Å². The highest BCUT2D eigenvalue weighted by Crippen LogP contribution is 2.36. The summed E-state index contributed by atoms with van der Waals surface area (Å²) in [5.41, 5.74) is -0.351. The van der Waals surface area contributed by atoms with E-state index >= 15 is 0 Å². The first-order chi connectivity index (χ1) is 21.7. The fourth-order valence-electron chi connectivity index (χ4n) is 5.85. The zero-order valence-corrected chi connectivity index (χ0v) is 28.3. The van der Waals surface area contributed by atoms with Crippen molar-refractivity contribution in [3.05, 3.63) is 71.8 Å². The minimum absolute atomic E-state index is 0.0822. The molecule has 1 fully saturated rings. The molecule has 46 heavy (non-hydrogen) atoms. The molecule has 0 aliphatic carbocycles. The second-order valence-corrected chi connectivity index (χ2v) is 13.2. The summed E-state index contributed by atoms with van der Waals surface area (Å²) < 4.78 is 23.0. The minimum Gasteiger partial charge on any atom is -0.458 e. The molecule has 2 aliphatic rings. The largest absolute Gasteiger partial charge is 0.458 e. The predicted octanol–water partition coefficient (Wildman–Crippen LogP) is 5.89. The summed E-state index contributed by atoms with van der Waals surface area (Å²) in [7, 11) is 0. The van der Waals surface area contributed by atoms with E-state index in [1.807, 2.05) is 39.8 Å². The van der Waals surface area contributed by atoms with Crippen LogP contribution in [0.2, 0.25) is 0 Å². The predicted molar refractivity (Wildman–Crippen MR) is 175 cm³/mol. The Morgan fingerprint density at radius 2 is 1.83 bits per heavy atom. The summed E-state index contributed by atoms with van der Waals surface area (Å²) in [5.74, 6) is -1.66. The van der Waals surface area contributed by atoms with E-state index in [0.717, 1.165) is 12.0 Å². The maximum Gasteiger partial charge on any atom is 0.338 e. The van der Waals surface area contributed by atoms with Crippen molar-refractivity contribution in [3.8, 4) is 0 Å². The fourth-order valence-corrected chi connectivity index (χ4v) is 5.85. The lowest BCUT2D eigenvalue weighted by Crippen LogP contribution is -2.42. The molecule has 1 saturated heterocycles. The van der Waals surface area contributed by atoms with Gasteiger partial charge >= 0.3 is 17.9 Å². The topological polar surface area (TPSA) is 132 Å². The van der Waals surface area contributed by atoms with E-state index in [-0.39, 0.29) is 55.3 Å². The average molecular weight is 641 g/mol. The van der Waals surface area contributed by atoms with Gasteiger partial charge in [0.1, 0.15) is 23.9 Å². The van der Waals surface area contributed by atoms with Gasteiger partial charge in [-0.05, 0) is 69.2 Å². The van der Waals surface area contributed by atoms with Crippen LogP contribution >= 0.6 is 0 Å². The Bertz CT molecular complexity index is 1250.